The van der Waals surface area contributed by atoms with Crippen molar-refractivity contribution in [3.63, 3.8) is 0 Å². The average Bonchev–Trinajstić information content (AvgIpc) is 4.00. The van der Waals surface area contributed by atoms with Gasteiger partial charge in [-0.25, -0.2) is 32.2 Å². The molecule has 3 amide bonds. The van der Waals surface area contributed by atoms with Gasteiger partial charge in [-0.3, -0.25) is 19.1 Å². The van der Waals surface area contributed by atoms with Crippen LogP contribution in [-0.4, -0.2) is 87.4 Å². The summed E-state index contributed by atoms with van der Waals surface area (Å²) < 4.78 is 65.4. The van der Waals surface area contributed by atoms with Crippen LogP contribution in [0.3, 0.4) is 0 Å². The van der Waals surface area contributed by atoms with Crippen LogP contribution in [0.5, 0.6) is 5.88 Å². The standard InChI is InChI=1S/C36H39F2N7O6S2.ClH/c37-35(38)15-7-1-2-8-23(39)33(47)45-19-21(16-27(45)30(46)43-36(18-20(36)17-35)34(48)44-53(49,50)22-13-14-22)51-31-29(40-24-9-3-4-10-25(24)41-31)32-42-26-11-5-6-12-28(26)52-32;/h3-6,9-12,20-23,27H,1-2,7-8,13-19,39H2,(H,43,46)(H,44,48);1H/t20-,21-,23+,27+,36-;/m1./s1. The summed E-state index contributed by atoms with van der Waals surface area (Å²) in [5.41, 5.74) is 6.80. The minimum Gasteiger partial charge on any atom is -0.471 e. The molecule has 2 saturated heterocycles. The number of hydrogen-bond acceptors (Lipinski definition) is 11. The Labute approximate surface area is 320 Å². The number of alkyl halides is 2. The molecule has 288 valence electrons. The second-order valence-electron chi connectivity index (χ2n) is 14.6. The van der Waals surface area contributed by atoms with Gasteiger partial charge in [-0.2, -0.15) is 0 Å². The van der Waals surface area contributed by atoms with Crippen LogP contribution in [0.1, 0.15) is 64.2 Å². The smallest absolute Gasteiger partial charge is 0.259 e. The fourth-order valence-electron chi connectivity index (χ4n) is 7.48. The summed E-state index contributed by atoms with van der Waals surface area (Å²) in [5, 5.41) is 2.47. The Hall–Kier alpha value is -4.06. The Morgan fingerprint density at radius 2 is 1.67 bits per heavy atom. The molecule has 0 bridgehead atoms. The lowest BCUT2D eigenvalue weighted by atomic mass is 10.0. The van der Waals surface area contributed by atoms with E-state index in [4.69, 9.17) is 25.4 Å². The van der Waals surface area contributed by atoms with Crippen LogP contribution in [0, 0.1) is 5.92 Å². The first-order valence-electron chi connectivity index (χ1n) is 17.9. The van der Waals surface area contributed by atoms with Crippen molar-refractivity contribution in [2.24, 2.45) is 11.7 Å². The fourth-order valence-corrected chi connectivity index (χ4v) is 9.80. The van der Waals surface area contributed by atoms with Gasteiger partial charge in [-0.05, 0) is 62.3 Å². The van der Waals surface area contributed by atoms with Crippen LogP contribution in [0.4, 0.5) is 8.78 Å². The summed E-state index contributed by atoms with van der Waals surface area (Å²) in [4.78, 5) is 57.4. The first kappa shape index (κ1) is 38.2. The normalized spacial score (nSPS) is 27.5. The molecular formula is C36H40ClF2N7O6S2. The molecule has 2 aromatic carbocycles. The van der Waals surface area contributed by atoms with E-state index >= 15 is 8.78 Å². The number of nitrogens with one attached hydrogen (secondary N) is 2. The van der Waals surface area contributed by atoms with Gasteiger partial charge in [0.25, 0.3) is 5.91 Å². The summed E-state index contributed by atoms with van der Waals surface area (Å²) in [6.45, 7) is -0.0604. The SMILES string of the molecule is Cl.N[C@H]1CCCCCC(F)(F)C[C@@H]2C[C@@]2(C(=O)NS(=O)(=O)C2CC2)NC(=O)[C@@H]2C[C@@H](Oc3nc4ccccc4nc3-c3nc4ccccc4s3)CN2C1=O. The van der Waals surface area contributed by atoms with Crippen molar-refractivity contribution in [2.75, 3.05) is 6.54 Å². The van der Waals surface area contributed by atoms with Gasteiger partial charge < -0.3 is 20.7 Å². The second-order valence-corrected chi connectivity index (χ2v) is 17.6. The number of amides is 3. The van der Waals surface area contributed by atoms with Gasteiger partial charge in [0.05, 0.1) is 39.1 Å². The number of aromatic nitrogens is 3. The molecular weight excluding hydrogens is 764 g/mol. The highest BCUT2D eigenvalue weighted by atomic mass is 35.5. The Balaban J connectivity index is 0.00000450. The molecule has 54 heavy (non-hydrogen) atoms. The van der Waals surface area contributed by atoms with Crippen LogP contribution in [0.15, 0.2) is 48.5 Å². The van der Waals surface area contributed by atoms with Gasteiger partial charge in [0, 0.05) is 19.3 Å². The fraction of sp³-hybridized carbons (Fsp3) is 0.500. The van der Waals surface area contributed by atoms with E-state index in [0.717, 1.165) is 10.2 Å². The minimum atomic E-state index is -4.04. The third kappa shape index (κ3) is 7.59. The zero-order chi connectivity index (χ0) is 37.1. The van der Waals surface area contributed by atoms with Gasteiger partial charge >= 0.3 is 0 Å². The Kier molecular flexibility index (Phi) is 10.3. The molecule has 4 aliphatic rings. The number of hydrogen-bond donors (Lipinski definition) is 3. The van der Waals surface area contributed by atoms with Crippen LogP contribution in [0.2, 0.25) is 0 Å². The van der Waals surface area contributed by atoms with Crippen molar-refractivity contribution in [1.29, 1.82) is 0 Å². The van der Waals surface area contributed by atoms with Gasteiger partial charge in [0.2, 0.25) is 33.6 Å². The highest BCUT2D eigenvalue weighted by Crippen LogP contribution is 2.51. The molecule has 2 aliphatic carbocycles. The Morgan fingerprint density at radius 3 is 2.39 bits per heavy atom. The second kappa shape index (κ2) is 14.5. The van der Waals surface area contributed by atoms with E-state index in [1.807, 2.05) is 42.5 Å². The number of nitrogens with zero attached hydrogens (tertiary/aromatic N) is 4. The van der Waals surface area contributed by atoms with E-state index in [9.17, 15) is 22.8 Å². The molecule has 0 unspecified atom stereocenters. The van der Waals surface area contributed by atoms with E-state index in [1.54, 1.807) is 6.07 Å². The monoisotopic (exact) mass is 803 g/mol. The molecule has 4 aromatic rings. The van der Waals surface area contributed by atoms with E-state index < -0.39 is 81.4 Å². The third-order valence-electron chi connectivity index (χ3n) is 10.6. The predicted molar refractivity (Wildman–Crippen MR) is 200 cm³/mol. The lowest BCUT2D eigenvalue weighted by molar-refractivity contribution is -0.140. The van der Waals surface area contributed by atoms with Crippen molar-refractivity contribution in [3.05, 3.63) is 48.5 Å². The highest BCUT2D eigenvalue weighted by Gasteiger charge is 2.65. The molecule has 13 nitrogen and oxygen atoms in total. The molecule has 8 rings (SSSR count). The molecule has 2 saturated carbocycles. The molecule has 5 atom stereocenters. The largest absolute Gasteiger partial charge is 0.471 e. The molecule has 2 aromatic heterocycles. The van der Waals surface area contributed by atoms with Crippen molar-refractivity contribution >= 4 is 72.7 Å². The first-order chi connectivity index (χ1) is 25.3. The van der Waals surface area contributed by atoms with Crippen molar-refractivity contribution in [2.45, 2.75) is 99.1 Å². The number of carbonyl (C=O) groups excluding carboxylic acids is 3. The molecule has 0 radical (unpaired) electrons. The summed E-state index contributed by atoms with van der Waals surface area (Å²) >= 11 is 1.41. The molecule has 4 fully saturated rings. The van der Waals surface area contributed by atoms with E-state index in [1.165, 1.54) is 16.2 Å². The molecule has 2 aliphatic heterocycles. The van der Waals surface area contributed by atoms with Crippen molar-refractivity contribution in [1.82, 2.24) is 29.9 Å². The number of carbonyl (C=O) groups is 3. The van der Waals surface area contributed by atoms with E-state index in [2.05, 4.69) is 10.0 Å². The zero-order valence-electron chi connectivity index (χ0n) is 29.1. The van der Waals surface area contributed by atoms with E-state index in [-0.39, 0.29) is 50.5 Å². The lowest BCUT2D eigenvalue weighted by Crippen LogP contribution is -2.58. The van der Waals surface area contributed by atoms with Gasteiger partial charge in [0.1, 0.15) is 22.7 Å². The number of ether oxygens (including phenoxy) is 1. The number of fused-ring (bicyclic) bond motifs is 4. The summed E-state index contributed by atoms with van der Waals surface area (Å²) in [6.07, 6.45) is -0.130. The number of sulfonamides is 1. The van der Waals surface area contributed by atoms with Gasteiger partial charge in [-0.1, -0.05) is 37.1 Å². The topological polar surface area (TPSA) is 187 Å². The van der Waals surface area contributed by atoms with Crippen LogP contribution < -0.4 is 20.5 Å². The number of benzene rings is 2. The van der Waals surface area contributed by atoms with Crippen LogP contribution in [0.25, 0.3) is 32.0 Å². The van der Waals surface area contributed by atoms with E-state index in [0.29, 0.717) is 47.4 Å². The van der Waals surface area contributed by atoms with Crippen molar-refractivity contribution < 1.29 is 36.3 Å². The predicted octanol–water partition coefficient (Wildman–Crippen LogP) is 4.48. The number of nitrogens with two attached hydrogens (primary N) is 1. The first-order valence-corrected chi connectivity index (χ1v) is 20.3. The van der Waals surface area contributed by atoms with Gasteiger partial charge in [-0.15, -0.1) is 23.7 Å². The third-order valence-corrected chi connectivity index (χ3v) is 13.5. The van der Waals surface area contributed by atoms with Crippen LogP contribution in [-0.2, 0) is 24.4 Å². The molecule has 0 spiro atoms. The minimum absolute atomic E-state index is 0. The lowest BCUT2D eigenvalue weighted by Gasteiger charge is -2.28. The summed E-state index contributed by atoms with van der Waals surface area (Å²) in [5.74, 6) is -6.36. The average molecular weight is 804 g/mol. The Morgan fingerprint density at radius 1 is 0.963 bits per heavy atom. The van der Waals surface area contributed by atoms with Crippen molar-refractivity contribution in [3.8, 4) is 16.6 Å². The number of para-hydroxylation sites is 3. The number of thiazole rings is 1. The van der Waals surface area contributed by atoms with Gasteiger partial charge in [0.15, 0.2) is 5.69 Å². The molecule has 4 heterocycles. The zero-order valence-corrected chi connectivity index (χ0v) is 31.5. The maximum atomic E-state index is 15.2. The number of rotatable bonds is 6. The highest BCUT2D eigenvalue weighted by molar-refractivity contribution is 7.91. The molecule has 18 heteroatoms. The van der Waals surface area contributed by atoms with Crippen LogP contribution >= 0.6 is 23.7 Å². The maximum absolute atomic E-state index is 15.2. The quantitative estimate of drug-likeness (QED) is 0.251. The summed E-state index contributed by atoms with van der Waals surface area (Å²) in [7, 11) is -4.04. The molecule has 4 N–H and O–H groups in total. The Bertz CT molecular complexity index is 2190. The summed E-state index contributed by atoms with van der Waals surface area (Å²) in [6, 6.07) is 12.7. The maximum Gasteiger partial charge on any atom is 0.259 e. The number of halogens is 3.